The van der Waals surface area contributed by atoms with E-state index in [1.54, 1.807) is 0 Å². The third-order valence-corrected chi connectivity index (χ3v) is 2.92. The second kappa shape index (κ2) is 3.27. The number of imidazole rings is 1. The van der Waals surface area contributed by atoms with Gasteiger partial charge in [0, 0.05) is 29.9 Å². The highest BCUT2D eigenvalue weighted by molar-refractivity contribution is 5.79. The fourth-order valence-electron chi connectivity index (χ4n) is 2.17. The molecular formula is C12H14N4. The summed E-state index contributed by atoms with van der Waals surface area (Å²) in [6.07, 6.45) is 0.924. The number of nitrogens with two attached hydrogens (primary N) is 1. The summed E-state index contributed by atoms with van der Waals surface area (Å²) >= 11 is 0. The molecule has 1 aliphatic rings. The summed E-state index contributed by atoms with van der Waals surface area (Å²) in [5, 5.41) is 3.42. The smallest absolute Gasteiger partial charge is 0.198 e. The highest BCUT2D eigenvalue weighted by Crippen LogP contribution is 2.32. The number of nitrogens with zero attached hydrogens (tertiary/aromatic N) is 1. The molecule has 0 aliphatic carbocycles. The van der Waals surface area contributed by atoms with Crippen LogP contribution in [0.5, 0.6) is 0 Å². The summed E-state index contributed by atoms with van der Waals surface area (Å²) in [5.41, 5.74) is 11.3. The molecule has 0 unspecified atom stereocenters. The van der Waals surface area contributed by atoms with Crippen molar-refractivity contribution in [1.29, 1.82) is 0 Å². The maximum atomic E-state index is 5.71. The van der Waals surface area contributed by atoms with Crippen LogP contribution in [0.15, 0.2) is 18.2 Å². The molecular weight excluding hydrogens is 200 g/mol. The van der Waals surface area contributed by atoms with Crippen molar-refractivity contribution in [3.8, 4) is 11.3 Å². The summed E-state index contributed by atoms with van der Waals surface area (Å²) in [7, 11) is 0. The van der Waals surface area contributed by atoms with E-state index in [1.807, 2.05) is 0 Å². The Bertz CT molecular complexity index is 542. The monoisotopic (exact) mass is 214 g/mol. The van der Waals surface area contributed by atoms with Crippen LogP contribution in [0.4, 0.5) is 11.6 Å². The van der Waals surface area contributed by atoms with E-state index in [0.29, 0.717) is 5.95 Å². The number of nitrogen functional groups attached to an aromatic ring is 1. The van der Waals surface area contributed by atoms with Gasteiger partial charge in [-0.15, -0.1) is 0 Å². The fraction of sp³-hybridized carbons (Fsp3) is 0.250. The van der Waals surface area contributed by atoms with Gasteiger partial charge in [-0.2, -0.15) is 0 Å². The Morgan fingerprint density at radius 2 is 2.25 bits per heavy atom. The number of aromatic amines is 1. The first kappa shape index (κ1) is 9.27. The molecule has 2 heterocycles. The predicted molar refractivity (Wildman–Crippen MR) is 65.4 cm³/mol. The molecule has 0 saturated carbocycles. The van der Waals surface area contributed by atoms with Gasteiger partial charge in [0.15, 0.2) is 5.95 Å². The third kappa shape index (κ3) is 1.34. The summed E-state index contributed by atoms with van der Waals surface area (Å²) in [4.78, 5) is 7.48. The molecule has 0 atom stereocenters. The van der Waals surface area contributed by atoms with E-state index in [-0.39, 0.29) is 0 Å². The second-order valence-electron chi connectivity index (χ2n) is 4.18. The number of benzene rings is 1. The fourth-order valence-corrected chi connectivity index (χ4v) is 2.17. The van der Waals surface area contributed by atoms with Crippen LogP contribution >= 0.6 is 0 Å². The minimum Gasteiger partial charge on any atom is -0.384 e. The first-order valence-corrected chi connectivity index (χ1v) is 5.43. The Morgan fingerprint density at radius 1 is 1.38 bits per heavy atom. The third-order valence-electron chi connectivity index (χ3n) is 2.92. The highest BCUT2D eigenvalue weighted by Gasteiger charge is 2.17. The van der Waals surface area contributed by atoms with Crippen molar-refractivity contribution in [2.45, 2.75) is 13.3 Å². The molecule has 4 nitrogen and oxygen atoms in total. The minimum atomic E-state index is 0.499. The van der Waals surface area contributed by atoms with Crippen molar-refractivity contribution in [3.63, 3.8) is 0 Å². The van der Waals surface area contributed by atoms with Crippen LogP contribution in [0.3, 0.4) is 0 Å². The molecule has 1 aromatic heterocycles. The maximum Gasteiger partial charge on any atom is 0.198 e. The standard InChI is InChI=1S/C12H14N4/c1-7-2-3-8-10(6-7)14-5-4-9-11(8)16-12(13)15-9/h2-3,6,14H,4-5H2,1H3,(H3,13,15,16). The van der Waals surface area contributed by atoms with Crippen LogP contribution in [-0.4, -0.2) is 16.5 Å². The van der Waals surface area contributed by atoms with Gasteiger partial charge < -0.3 is 16.0 Å². The number of aryl methyl sites for hydroxylation is 1. The van der Waals surface area contributed by atoms with Gasteiger partial charge in [-0.3, -0.25) is 0 Å². The zero-order valence-corrected chi connectivity index (χ0v) is 9.17. The van der Waals surface area contributed by atoms with Gasteiger partial charge in [0.1, 0.15) is 0 Å². The van der Waals surface area contributed by atoms with Crippen molar-refractivity contribution in [2.24, 2.45) is 0 Å². The average Bonchev–Trinajstić information content (AvgIpc) is 2.52. The van der Waals surface area contributed by atoms with Crippen molar-refractivity contribution in [1.82, 2.24) is 9.97 Å². The maximum absolute atomic E-state index is 5.71. The van der Waals surface area contributed by atoms with Gasteiger partial charge in [-0.05, 0) is 18.6 Å². The van der Waals surface area contributed by atoms with Crippen LogP contribution in [0.25, 0.3) is 11.3 Å². The lowest BCUT2D eigenvalue weighted by Crippen LogP contribution is -2.03. The van der Waals surface area contributed by atoms with Gasteiger partial charge in [-0.25, -0.2) is 4.98 Å². The molecule has 4 N–H and O–H groups in total. The van der Waals surface area contributed by atoms with E-state index in [4.69, 9.17) is 5.73 Å². The van der Waals surface area contributed by atoms with Crippen molar-refractivity contribution in [2.75, 3.05) is 17.6 Å². The second-order valence-corrected chi connectivity index (χ2v) is 4.18. The lowest BCUT2D eigenvalue weighted by Gasteiger charge is -2.07. The van der Waals surface area contributed by atoms with Gasteiger partial charge in [0.2, 0.25) is 0 Å². The van der Waals surface area contributed by atoms with Crippen molar-refractivity contribution in [3.05, 3.63) is 29.5 Å². The molecule has 1 aliphatic heterocycles. The Hall–Kier alpha value is -1.97. The van der Waals surface area contributed by atoms with Gasteiger partial charge in [-0.1, -0.05) is 12.1 Å². The Balaban J connectivity index is 2.24. The van der Waals surface area contributed by atoms with Crippen LogP contribution in [0, 0.1) is 6.92 Å². The first-order valence-electron chi connectivity index (χ1n) is 5.43. The molecule has 2 aromatic rings. The molecule has 0 bridgehead atoms. The quantitative estimate of drug-likeness (QED) is 0.627. The van der Waals surface area contributed by atoms with Crippen molar-refractivity contribution < 1.29 is 0 Å². The number of hydrogen-bond acceptors (Lipinski definition) is 3. The number of rotatable bonds is 0. The van der Waals surface area contributed by atoms with E-state index in [1.165, 1.54) is 5.56 Å². The summed E-state index contributed by atoms with van der Waals surface area (Å²) < 4.78 is 0. The van der Waals surface area contributed by atoms with E-state index >= 15 is 0 Å². The molecule has 0 fully saturated rings. The molecule has 0 saturated heterocycles. The zero-order valence-electron chi connectivity index (χ0n) is 9.17. The van der Waals surface area contributed by atoms with Crippen molar-refractivity contribution >= 4 is 11.6 Å². The van der Waals surface area contributed by atoms with E-state index < -0.39 is 0 Å². The van der Waals surface area contributed by atoms with E-state index in [9.17, 15) is 0 Å². The summed E-state index contributed by atoms with van der Waals surface area (Å²) in [5.74, 6) is 0.499. The van der Waals surface area contributed by atoms with E-state index in [2.05, 4.69) is 40.4 Å². The van der Waals surface area contributed by atoms with E-state index in [0.717, 1.165) is 35.6 Å². The molecule has 0 amide bonds. The lowest BCUT2D eigenvalue weighted by atomic mass is 10.1. The number of nitrogens with one attached hydrogen (secondary N) is 2. The number of hydrogen-bond donors (Lipinski definition) is 3. The summed E-state index contributed by atoms with van der Waals surface area (Å²) in [6.45, 7) is 3.00. The largest absolute Gasteiger partial charge is 0.384 e. The molecule has 82 valence electrons. The molecule has 16 heavy (non-hydrogen) atoms. The van der Waals surface area contributed by atoms with Gasteiger partial charge in [0.25, 0.3) is 0 Å². The topological polar surface area (TPSA) is 66.7 Å². The van der Waals surface area contributed by atoms with Gasteiger partial charge >= 0.3 is 0 Å². The molecule has 1 aromatic carbocycles. The summed E-state index contributed by atoms with van der Waals surface area (Å²) in [6, 6.07) is 6.35. The molecule has 3 rings (SSSR count). The Labute approximate surface area is 93.9 Å². The molecule has 4 heteroatoms. The first-order chi connectivity index (χ1) is 7.74. The SMILES string of the molecule is Cc1ccc2c(c1)NCCc1[nH]c(N)nc1-2. The minimum absolute atomic E-state index is 0.499. The van der Waals surface area contributed by atoms with Crippen LogP contribution in [0.1, 0.15) is 11.3 Å². The number of fused-ring (bicyclic) bond motifs is 3. The highest BCUT2D eigenvalue weighted by atomic mass is 15.0. The van der Waals surface area contributed by atoms with Gasteiger partial charge in [0.05, 0.1) is 5.69 Å². The number of aromatic nitrogens is 2. The average molecular weight is 214 g/mol. The normalized spacial score (nSPS) is 13.6. The molecule has 0 radical (unpaired) electrons. The van der Waals surface area contributed by atoms with Crippen LogP contribution in [-0.2, 0) is 6.42 Å². The predicted octanol–water partition coefficient (Wildman–Crippen LogP) is 1.94. The zero-order chi connectivity index (χ0) is 11.1. The van der Waals surface area contributed by atoms with Crippen LogP contribution in [0.2, 0.25) is 0 Å². The van der Waals surface area contributed by atoms with Crippen LogP contribution < -0.4 is 11.1 Å². The number of H-pyrrole nitrogens is 1. The Morgan fingerprint density at radius 3 is 3.12 bits per heavy atom. The lowest BCUT2D eigenvalue weighted by molar-refractivity contribution is 0.992. The Kier molecular flexibility index (Phi) is 1.89. The molecule has 0 spiro atoms. The number of anilines is 2.